The van der Waals surface area contributed by atoms with E-state index >= 15 is 0 Å². The molecular formula is C33H33N3O7S2. The van der Waals surface area contributed by atoms with E-state index in [4.69, 9.17) is 0 Å². The SMILES string of the molecule is CN(C)c1cccc2c(S(=O)(=O)N([C@@H](Cc3ccc(O)cc3)C(=O)O)S(=O)(=O)c3cccc4c(N(C)C)cccc34)cccc12. The maximum atomic E-state index is 14.8. The number of aliphatic carboxylic acids is 1. The number of hydrogen-bond acceptors (Lipinski definition) is 8. The van der Waals surface area contributed by atoms with E-state index < -0.39 is 38.5 Å². The van der Waals surface area contributed by atoms with Crippen molar-refractivity contribution in [3.8, 4) is 5.75 Å². The number of anilines is 2. The summed E-state index contributed by atoms with van der Waals surface area (Å²) in [6.45, 7) is 0. The van der Waals surface area contributed by atoms with E-state index in [0.717, 1.165) is 0 Å². The minimum atomic E-state index is -5.06. The first kappa shape index (κ1) is 31.8. The second kappa shape index (κ2) is 12.0. The van der Waals surface area contributed by atoms with Gasteiger partial charge in [-0.1, -0.05) is 64.4 Å². The fourth-order valence-electron chi connectivity index (χ4n) is 5.52. The van der Waals surface area contributed by atoms with Gasteiger partial charge < -0.3 is 20.0 Å². The zero-order valence-electron chi connectivity index (χ0n) is 25.1. The summed E-state index contributed by atoms with van der Waals surface area (Å²) >= 11 is 0. The minimum absolute atomic E-state index is 0.0809. The van der Waals surface area contributed by atoms with E-state index in [9.17, 15) is 31.8 Å². The molecule has 5 rings (SSSR count). The molecule has 0 aliphatic heterocycles. The Morgan fingerprint density at radius 3 is 1.42 bits per heavy atom. The highest BCUT2D eigenvalue weighted by Gasteiger charge is 2.46. The summed E-state index contributed by atoms with van der Waals surface area (Å²) in [5.41, 5.74) is 1.71. The third-order valence-electron chi connectivity index (χ3n) is 7.62. The zero-order valence-corrected chi connectivity index (χ0v) is 26.7. The molecule has 0 amide bonds. The van der Waals surface area contributed by atoms with Crippen LogP contribution < -0.4 is 9.80 Å². The number of phenols is 1. The van der Waals surface area contributed by atoms with E-state index in [2.05, 4.69) is 0 Å². The Bertz CT molecular complexity index is 2010. The quantitative estimate of drug-likeness (QED) is 0.217. The topological polar surface area (TPSA) is 136 Å². The first-order valence-electron chi connectivity index (χ1n) is 13.9. The monoisotopic (exact) mass is 647 g/mol. The molecule has 0 saturated heterocycles. The molecule has 45 heavy (non-hydrogen) atoms. The number of rotatable bonds is 10. The zero-order chi connectivity index (χ0) is 32.7. The van der Waals surface area contributed by atoms with Gasteiger partial charge in [0.05, 0.1) is 9.79 Å². The summed E-state index contributed by atoms with van der Waals surface area (Å²) in [6.07, 6.45) is -0.491. The Morgan fingerprint density at radius 1 is 0.622 bits per heavy atom. The third-order valence-corrected chi connectivity index (χ3v) is 12.1. The lowest BCUT2D eigenvalue weighted by atomic mass is 10.1. The highest BCUT2D eigenvalue weighted by Crippen LogP contribution is 2.38. The van der Waals surface area contributed by atoms with Gasteiger partial charge >= 0.3 is 5.97 Å². The number of aromatic hydroxyl groups is 1. The average molecular weight is 648 g/mol. The van der Waals surface area contributed by atoms with E-state index in [1.807, 2.05) is 0 Å². The molecule has 0 aliphatic carbocycles. The molecule has 0 heterocycles. The molecule has 1 atom stereocenters. The molecule has 5 aromatic rings. The largest absolute Gasteiger partial charge is 0.508 e. The summed E-state index contributed by atoms with van der Waals surface area (Å²) in [6, 6.07) is 22.5. The number of benzene rings is 5. The van der Waals surface area contributed by atoms with Crippen LogP contribution in [0.2, 0.25) is 0 Å². The fraction of sp³-hybridized carbons (Fsp3) is 0.182. The maximum Gasteiger partial charge on any atom is 0.323 e. The standard InChI is InChI=1S/C33H33N3O7S2/c1-34(2)28-13-5-11-26-24(28)9-7-15-31(26)44(40,41)36(30(33(38)39)21-22-17-19-23(37)20-18-22)45(42,43)32-16-8-10-25-27(32)12-6-14-29(25)35(3)4/h5-20,30,37H,21H2,1-4H3,(H,38,39)/t30-/m0/s1. The van der Waals surface area contributed by atoms with E-state index in [-0.39, 0.29) is 30.0 Å². The van der Waals surface area contributed by atoms with Crippen LogP contribution in [0.1, 0.15) is 5.56 Å². The van der Waals surface area contributed by atoms with Gasteiger partial charge in [-0.25, -0.2) is 16.8 Å². The fourth-order valence-corrected chi connectivity index (χ4v) is 9.84. The second-order valence-electron chi connectivity index (χ2n) is 11.0. The van der Waals surface area contributed by atoms with Gasteiger partial charge in [0.15, 0.2) is 0 Å². The Kier molecular flexibility index (Phi) is 8.49. The molecule has 0 radical (unpaired) electrons. The molecule has 0 aliphatic rings. The van der Waals surface area contributed by atoms with Crippen molar-refractivity contribution in [1.29, 1.82) is 0 Å². The smallest absolute Gasteiger partial charge is 0.323 e. The van der Waals surface area contributed by atoms with E-state index in [1.165, 1.54) is 48.5 Å². The Hall–Kier alpha value is -4.65. The van der Waals surface area contributed by atoms with Crippen molar-refractivity contribution in [1.82, 2.24) is 3.71 Å². The lowest BCUT2D eigenvalue weighted by molar-refractivity contribution is -0.140. The van der Waals surface area contributed by atoms with Gasteiger partial charge in [-0.05, 0) is 42.0 Å². The van der Waals surface area contributed by atoms with Crippen molar-refractivity contribution < 1.29 is 31.8 Å². The normalized spacial score (nSPS) is 12.8. The number of carbonyl (C=O) groups is 1. The van der Waals surface area contributed by atoms with Crippen LogP contribution in [0.25, 0.3) is 21.5 Å². The molecule has 5 aromatic carbocycles. The number of hydrogen-bond donors (Lipinski definition) is 2. The highest BCUT2D eigenvalue weighted by atomic mass is 32.3. The van der Waals surface area contributed by atoms with Crippen molar-refractivity contribution in [3.63, 3.8) is 0 Å². The number of phenolic OH excluding ortho intramolecular Hbond substituents is 1. The second-order valence-corrected chi connectivity index (χ2v) is 14.8. The van der Waals surface area contributed by atoms with Gasteiger partial charge in [0.2, 0.25) is 0 Å². The van der Waals surface area contributed by atoms with Crippen LogP contribution in [-0.4, -0.2) is 71.0 Å². The number of sulfonamides is 2. The lowest BCUT2D eigenvalue weighted by Crippen LogP contribution is -2.49. The first-order valence-corrected chi connectivity index (χ1v) is 16.8. The van der Waals surface area contributed by atoms with Gasteiger partial charge in [0.25, 0.3) is 20.0 Å². The summed E-state index contributed by atoms with van der Waals surface area (Å²) in [5, 5.41) is 21.8. The number of carboxylic acid groups (broad SMARTS) is 1. The van der Waals surface area contributed by atoms with Gasteiger partial charge in [0, 0.05) is 67.5 Å². The van der Waals surface area contributed by atoms with Crippen molar-refractivity contribution in [2.45, 2.75) is 22.3 Å². The van der Waals surface area contributed by atoms with Crippen LogP contribution in [0.4, 0.5) is 11.4 Å². The maximum absolute atomic E-state index is 14.8. The predicted octanol–water partition coefficient (Wildman–Crippen LogP) is 4.91. The summed E-state index contributed by atoms with van der Waals surface area (Å²) in [5.74, 6) is -1.73. The summed E-state index contributed by atoms with van der Waals surface area (Å²) in [7, 11) is -2.92. The van der Waals surface area contributed by atoms with Crippen LogP contribution >= 0.6 is 0 Å². The Labute approximate surface area is 262 Å². The summed E-state index contributed by atoms with van der Waals surface area (Å²) < 4.78 is 59.2. The van der Waals surface area contributed by atoms with E-state index in [0.29, 0.717) is 27.7 Å². The average Bonchev–Trinajstić information content (AvgIpc) is 3.00. The molecule has 234 valence electrons. The van der Waals surface area contributed by atoms with Crippen LogP contribution in [0.3, 0.4) is 0 Å². The van der Waals surface area contributed by atoms with Gasteiger partial charge in [-0.3, -0.25) is 4.79 Å². The Morgan fingerprint density at radius 2 is 1.02 bits per heavy atom. The number of carboxylic acids is 1. The highest BCUT2D eigenvalue weighted by molar-refractivity contribution is 8.04. The van der Waals surface area contributed by atoms with Gasteiger partial charge in [-0.2, -0.15) is 0 Å². The summed E-state index contributed by atoms with van der Waals surface area (Å²) in [4.78, 5) is 15.9. The number of nitrogens with zero attached hydrogens (tertiary/aromatic N) is 3. The van der Waals surface area contributed by atoms with E-state index in [1.54, 1.807) is 86.5 Å². The van der Waals surface area contributed by atoms with Crippen LogP contribution in [0, 0.1) is 0 Å². The molecule has 0 aromatic heterocycles. The Balaban J connectivity index is 1.82. The minimum Gasteiger partial charge on any atom is -0.508 e. The van der Waals surface area contributed by atoms with Crippen LogP contribution in [0.5, 0.6) is 5.75 Å². The van der Waals surface area contributed by atoms with Crippen molar-refractivity contribution in [3.05, 3.63) is 103 Å². The molecule has 0 unspecified atom stereocenters. The first-order chi connectivity index (χ1) is 21.2. The molecule has 2 N–H and O–H groups in total. The predicted molar refractivity (Wildman–Crippen MR) is 176 cm³/mol. The molecule has 0 spiro atoms. The number of fused-ring (bicyclic) bond motifs is 2. The van der Waals surface area contributed by atoms with Crippen molar-refractivity contribution in [2.75, 3.05) is 38.0 Å². The lowest BCUT2D eigenvalue weighted by Gasteiger charge is -2.29. The van der Waals surface area contributed by atoms with Crippen LogP contribution in [-0.2, 0) is 31.3 Å². The van der Waals surface area contributed by atoms with Crippen molar-refractivity contribution >= 4 is 58.9 Å². The third kappa shape index (κ3) is 5.79. The van der Waals surface area contributed by atoms with Gasteiger partial charge in [-0.15, -0.1) is 0 Å². The van der Waals surface area contributed by atoms with Crippen molar-refractivity contribution in [2.24, 2.45) is 0 Å². The van der Waals surface area contributed by atoms with Crippen LogP contribution in [0.15, 0.2) is 107 Å². The molecule has 12 heteroatoms. The molecule has 0 saturated carbocycles. The van der Waals surface area contributed by atoms with Gasteiger partial charge in [0.1, 0.15) is 11.8 Å². The molecule has 10 nitrogen and oxygen atoms in total. The molecule has 0 bridgehead atoms. The molecular weight excluding hydrogens is 615 g/mol. The molecule has 0 fully saturated rings.